The highest BCUT2D eigenvalue weighted by molar-refractivity contribution is 7.98. The summed E-state index contributed by atoms with van der Waals surface area (Å²) in [5.41, 5.74) is 0.130. The van der Waals surface area contributed by atoms with E-state index in [4.69, 9.17) is 28.5 Å². The maximum absolute atomic E-state index is 11.8. The maximum atomic E-state index is 11.8. The minimum atomic E-state index is -0.493. The van der Waals surface area contributed by atoms with E-state index in [0.29, 0.717) is 20.8 Å². The highest BCUT2D eigenvalue weighted by Crippen LogP contribution is 2.30. The third-order valence-electron chi connectivity index (χ3n) is 2.39. The Balaban J connectivity index is 2.81. The van der Waals surface area contributed by atoms with Crippen molar-refractivity contribution in [3.8, 4) is 17.3 Å². The fourth-order valence-corrected chi connectivity index (χ4v) is 2.28. The van der Waals surface area contributed by atoms with Gasteiger partial charge in [-0.05, 0) is 24.5 Å². The summed E-state index contributed by atoms with van der Waals surface area (Å²) < 4.78 is 0. The Kier molecular flexibility index (Phi) is 4.15. The summed E-state index contributed by atoms with van der Waals surface area (Å²) in [5.74, 6) is 0. The van der Waals surface area contributed by atoms with Gasteiger partial charge in [0.05, 0.1) is 10.7 Å². The molecule has 0 amide bonds. The fraction of sp³-hybridized carbons (Fsp3) is 0.0833. The molecule has 0 radical (unpaired) electrons. The monoisotopic (exact) mass is 311 g/mol. The summed E-state index contributed by atoms with van der Waals surface area (Å²) in [6.45, 7) is 0. The average Bonchev–Trinajstić information content (AvgIpc) is 2.40. The van der Waals surface area contributed by atoms with E-state index in [1.807, 2.05) is 6.07 Å². The van der Waals surface area contributed by atoms with Gasteiger partial charge >= 0.3 is 0 Å². The van der Waals surface area contributed by atoms with Crippen molar-refractivity contribution in [1.29, 1.82) is 5.26 Å². The van der Waals surface area contributed by atoms with Crippen LogP contribution in [0.1, 0.15) is 5.56 Å². The number of benzene rings is 1. The van der Waals surface area contributed by atoms with Gasteiger partial charge in [-0.2, -0.15) is 5.26 Å². The predicted molar refractivity (Wildman–Crippen MR) is 76.8 cm³/mol. The van der Waals surface area contributed by atoms with Crippen LogP contribution in [0.4, 0.5) is 0 Å². The highest BCUT2D eigenvalue weighted by Gasteiger charge is 2.15. The zero-order chi connectivity index (χ0) is 14.0. The molecule has 0 atom stereocenters. The Labute approximate surface area is 123 Å². The SMILES string of the molecule is CSc1nc(-c2cc(Cl)ccc2Cl)c(C#N)c(=O)[nH]1. The van der Waals surface area contributed by atoms with Crippen molar-refractivity contribution < 1.29 is 0 Å². The third kappa shape index (κ3) is 2.76. The second-order valence-corrected chi connectivity index (χ2v) is 5.17. The van der Waals surface area contributed by atoms with Crippen LogP contribution < -0.4 is 5.56 Å². The number of aromatic amines is 1. The standard InChI is InChI=1S/C12H7Cl2N3OS/c1-19-12-16-10(8(5-15)11(18)17-12)7-4-6(13)2-3-9(7)14/h2-4H,1H3,(H,16,17,18). The maximum Gasteiger partial charge on any atom is 0.270 e. The number of nitrogens with zero attached hydrogens (tertiary/aromatic N) is 2. The Morgan fingerprint density at radius 1 is 1.42 bits per heavy atom. The van der Waals surface area contributed by atoms with E-state index in [1.54, 1.807) is 24.5 Å². The lowest BCUT2D eigenvalue weighted by atomic mass is 10.1. The summed E-state index contributed by atoms with van der Waals surface area (Å²) in [5, 5.41) is 10.3. The van der Waals surface area contributed by atoms with Gasteiger partial charge in [-0.3, -0.25) is 4.79 Å². The van der Waals surface area contributed by atoms with Gasteiger partial charge in [0.1, 0.15) is 11.6 Å². The number of nitriles is 1. The van der Waals surface area contributed by atoms with Gasteiger partial charge < -0.3 is 4.98 Å². The van der Waals surface area contributed by atoms with E-state index in [-0.39, 0.29) is 11.3 Å². The minimum Gasteiger partial charge on any atom is -0.300 e. The van der Waals surface area contributed by atoms with Gasteiger partial charge in [0, 0.05) is 10.6 Å². The van der Waals surface area contributed by atoms with Gasteiger partial charge in [-0.25, -0.2) is 4.98 Å². The second kappa shape index (κ2) is 5.66. The summed E-state index contributed by atoms with van der Waals surface area (Å²) in [6.07, 6.45) is 1.77. The van der Waals surface area contributed by atoms with Crippen LogP contribution in [0.15, 0.2) is 28.2 Å². The molecule has 7 heteroatoms. The first kappa shape index (κ1) is 13.9. The van der Waals surface area contributed by atoms with Crippen molar-refractivity contribution in [2.75, 3.05) is 6.26 Å². The van der Waals surface area contributed by atoms with Crippen molar-refractivity contribution in [3.63, 3.8) is 0 Å². The largest absolute Gasteiger partial charge is 0.300 e. The Morgan fingerprint density at radius 3 is 2.79 bits per heavy atom. The molecule has 0 saturated heterocycles. The Bertz CT molecular complexity index is 737. The first-order valence-corrected chi connectivity index (χ1v) is 7.08. The molecule has 1 aromatic heterocycles. The van der Waals surface area contributed by atoms with Crippen molar-refractivity contribution in [1.82, 2.24) is 9.97 Å². The molecule has 1 N–H and O–H groups in total. The van der Waals surface area contributed by atoms with Gasteiger partial charge in [0.15, 0.2) is 5.16 Å². The normalized spacial score (nSPS) is 10.2. The lowest BCUT2D eigenvalue weighted by Gasteiger charge is -2.07. The Morgan fingerprint density at radius 2 is 2.16 bits per heavy atom. The fourth-order valence-electron chi connectivity index (χ4n) is 1.53. The minimum absolute atomic E-state index is 0.0815. The van der Waals surface area contributed by atoms with Crippen molar-refractivity contribution in [2.24, 2.45) is 0 Å². The molecule has 0 aliphatic rings. The molecule has 0 spiro atoms. The van der Waals surface area contributed by atoms with Crippen LogP contribution in [0.25, 0.3) is 11.3 Å². The van der Waals surface area contributed by atoms with Crippen LogP contribution in [-0.4, -0.2) is 16.2 Å². The first-order valence-electron chi connectivity index (χ1n) is 5.10. The molecular weight excluding hydrogens is 305 g/mol. The van der Waals surface area contributed by atoms with Gasteiger partial charge in [-0.15, -0.1) is 0 Å². The van der Waals surface area contributed by atoms with Crippen molar-refractivity contribution in [3.05, 3.63) is 44.2 Å². The number of H-pyrrole nitrogens is 1. The van der Waals surface area contributed by atoms with Gasteiger partial charge in [0.2, 0.25) is 0 Å². The number of hydrogen-bond donors (Lipinski definition) is 1. The molecule has 4 nitrogen and oxygen atoms in total. The topological polar surface area (TPSA) is 69.5 Å². The van der Waals surface area contributed by atoms with Crippen LogP contribution in [0, 0.1) is 11.3 Å². The number of nitrogens with one attached hydrogen (secondary N) is 1. The number of aromatic nitrogens is 2. The quantitative estimate of drug-likeness (QED) is 0.682. The molecule has 96 valence electrons. The third-order valence-corrected chi connectivity index (χ3v) is 3.53. The van der Waals surface area contributed by atoms with Crippen LogP contribution in [-0.2, 0) is 0 Å². The number of thioether (sulfide) groups is 1. The molecule has 0 bridgehead atoms. The van der Waals surface area contributed by atoms with E-state index in [9.17, 15) is 4.79 Å². The molecule has 0 unspecified atom stereocenters. The Hall–Kier alpha value is -1.48. The molecule has 1 aromatic carbocycles. The van der Waals surface area contributed by atoms with E-state index in [2.05, 4.69) is 9.97 Å². The van der Waals surface area contributed by atoms with E-state index < -0.39 is 5.56 Å². The van der Waals surface area contributed by atoms with Crippen LogP contribution in [0.3, 0.4) is 0 Å². The highest BCUT2D eigenvalue weighted by atomic mass is 35.5. The van der Waals surface area contributed by atoms with E-state index in [1.165, 1.54) is 11.8 Å². The zero-order valence-electron chi connectivity index (χ0n) is 9.70. The number of hydrogen-bond acceptors (Lipinski definition) is 4. The molecule has 0 aliphatic carbocycles. The second-order valence-electron chi connectivity index (χ2n) is 3.53. The van der Waals surface area contributed by atoms with Crippen LogP contribution in [0.5, 0.6) is 0 Å². The summed E-state index contributed by atoms with van der Waals surface area (Å²) in [4.78, 5) is 18.6. The number of halogens is 2. The summed E-state index contributed by atoms with van der Waals surface area (Å²) >= 11 is 13.3. The van der Waals surface area contributed by atoms with E-state index in [0.717, 1.165) is 0 Å². The summed E-state index contributed by atoms with van der Waals surface area (Å²) in [7, 11) is 0. The average molecular weight is 312 g/mol. The van der Waals surface area contributed by atoms with Crippen molar-refractivity contribution >= 4 is 35.0 Å². The van der Waals surface area contributed by atoms with Gasteiger partial charge in [0.25, 0.3) is 5.56 Å². The molecule has 0 saturated carbocycles. The molecule has 1 heterocycles. The molecule has 0 aliphatic heterocycles. The van der Waals surface area contributed by atoms with Gasteiger partial charge in [-0.1, -0.05) is 35.0 Å². The van der Waals surface area contributed by atoms with E-state index >= 15 is 0 Å². The van der Waals surface area contributed by atoms with Crippen LogP contribution >= 0.6 is 35.0 Å². The zero-order valence-corrected chi connectivity index (χ0v) is 12.0. The lowest BCUT2D eigenvalue weighted by Crippen LogP contribution is -2.14. The molecule has 0 fully saturated rings. The summed E-state index contributed by atoms with van der Waals surface area (Å²) in [6, 6.07) is 6.65. The number of rotatable bonds is 2. The van der Waals surface area contributed by atoms with Crippen LogP contribution in [0.2, 0.25) is 10.0 Å². The smallest absolute Gasteiger partial charge is 0.270 e. The molecular formula is C12H7Cl2N3OS. The first-order chi connectivity index (χ1) is 9.06. The lowest BCUT2D eigenvalue weighted by molar-refractivity contribution is 0.938. The molecule has 19 heavy (non-hydrogen) atoms. The molecule has 2 aromatic rings. The van der Waals surface area contributed by atoms with Crippen molar-refractivity contribution in [2.45, 2.75) is 5.16 Å². The molecule has 2 rings (SSSR count). The predicted octanol–water partition coefficient (Wildman–Crippen LogP) is 3.34.